The number of rotatable bonds is 5. The summed E-state index contributed by atoms with van der Waals surface area (Å²) in [6, 6.07) is 4.60. The molecular weight excluding hydrogens is 337 g/mol. The molecule has 0 spiro atoms. The summed E-state index contributed by atoms with van der Waals surface area (Å²) in [5.74, 6) is 0.394. The SMILES string of the molecule is O=C(NCc1ccncc1O[C@H]1CCNC1)c1ccc(F)c2c1OCC2. The van der Waals surface area contributed by atoms with Crippen molar-refractivity contribution in [2.24, 2.45) is 0 Å². The van der Waals surface area contributed by atoms with Crippen molar-refractivity contribution in [2.45, 2.75) is 25.5 Å². The standard InChI is InChI=1S/C19H20FN3O3/c20-16-2-1-15(18-14(16)5-8-25-18)19(24)23-9-12-3-6-22-11-17(12)26-13-4-7-21-10-13/h1-3,6,11,13,21H,4-5,7-10H2,(H,23,24)/t13-/m0/s1. The monoisotopic (exact) mass is 357 g/mol. The van der Waals surface area contributed by atoms with E-state index in [0.29, 0.717) is 42.2 Å². The molecule has 6 nitrogen and oxygen atoms in total. The van der Waals surface area contributed by atoms with Gasteiger partial charge in [-0.2, -0.15) is 0 Å². The molecule has 0 radical (unpaired) electrons. The topological polar surface area (TPSA) is 72.5 Å². The van der Waals surface area contributed by atoms with Crippen molar-refractivity contribution in [1.29, 1.82) is 0 Å². The number of nitrogens with one attached hydrogen (secondary N) is 2. The van der Waals surface area contributed by atoms with Crippen molar-refractivity contribution in [2.75, 3.05) is 19.7 Å². The number of benzene rings is 1. The molecule has 136 valence electrons. The van der Waals surface area contributed by atoms with Gasteiger partial charge >= 0.3 is 0 Å². The maximum atomic E-state index is 13.8. The van der Waals surface area contributed by atoms with E-state index in [1.54, 1.807) is 12.4 Å². The number of aromatic nitrogens is 1. The second-order valence-corrected chi connectivity index (χ2v) is 6.40. The van der Waals surface area contributed by atoms with Crippen molar-refractivity contribution < 1.29 is 18.7 Å². The van der Waals surface area contributed by atoms with Crippen molar-refractivity contribution in [3.05, 3.63) is 53.1 Å². The average molecular weight is 357 g/mol. The summed E-state index contributed by atoms with van der Waals surface area (Å²) >= 11 is 0. The lowest BCUT2D eigenvalue weighted by atomic mass is 10.1. The predicted molar refractivity (Wildman–Crippen MR) is 92.9 cm³/mol. The molecule has 0 bridgehead atoms. The molecule has 1 aromatic carbocycles. The van der Waals surface area contributed by atoms with E-state index in [0.717, 1.165) is 25.1 Å². The van der Waals surface area contributed by atoms with Crippen molar-refractivity contribution >= 4 is 5.91 Å². The highest BCUT2D eigenvalue weighted by Crippen LogP contribution is 2.31. The summed E-state index contributed by atoms with van der Waals surface area (Å²) in [4.78, 5) is 16.7. The molecule has 2 aromatic rings. The van der Waals surface area contributed by atoms with Crippen LogP contribution in [0.15, 0.2) is 30.6 Å². The lowest BCUT2D eigenvalue weighted by molar-refractivity contribution is 0.0947. The number of hydrogen-bond donors (Lipinski definition) is 2. The lowest BCUT2D eigenvalue weighted by Gasteiger charge is -2.16. The number of pyridine rings is 1. The lowest BCUT2D eigenvalue weighted by Crippen LogP contribution is -2.25. The molecule has 7 heteroatoms. The molecule has 1 saturated heterocycles. The van der Waals surface area contributed by atoms with Gasteiger partial charge in [0.25, 0.3) is 5.91 Å². The van der Waals surface area contributed by atoms with Gasteiger partial charge in [-0.3, -0.25) is 9.78 Å². The minimum absolute atomic E-state index is 0.113. The number of hydrogen-bond acceptors (Lipinski definition) is 5. The summed E-state index contributed by atoms with van der Waals surface area (Å²) < 4.78 is 25.2. The average Bonchev–Trinajstić information content (AvgIpc) is 3.33. The van der Waals surface area contributed by atoms with E-state index in [1.807, 2.05) is 6.07 Å². The van der Waals surface area contributed by atoms with Gasteiger partial charge in [-0.05, 0) is 31.2 Å². The molecule has 1 amide bonds. The molecule has 2 aliphatic rings. The minimum atomic E-state index is -0.330. The van der Waals surface area contributed by atoms with E-state index >= 15 is 0 Å². The van der Waals surface area contributed by atoms with Crippen LogP contribution < -0.4 is 20.1 Å². The highest BCUT2D eigenvalue weighted by Gasteiger charge is 2.24. The molecule has 26 heavy (non-hydrogen) atoms. The molecule has 0 aliphatic carbocycles. The smallest absolute Gasteiger partial charge is 0.255 e. The van der Waals surface area contributed by atoms with Crippen LogP contribution in [0.4, 0.5) is 4.39 Å². The summed E-state index contributed by atoms with van der Waals surface area (Å²) in [5.41, 5.74) is 1.68. The molecule has 0 unspecified atom stereocenters. The Labute approximate surface area is 150 Å². The fraction of sp³-hybridized carbons (Fsp3) is 0.368. The zero-order valence-corrected chi connectivity index (χ0v) is 14.3. The van der Waals surface area contributed by atoms with E-state index in [-0.39, 0.29) is 17.8 Å². The van der Waals surface area contributed by atoms with Crippen LogP contribution in [0, 0.1) is 5.82 Å². The van der Waals surface area contributed by atoms with Gasteiger partial charge < -0.3 is 20.1 Å². The number of nitrogens with zero attached hydrogens (tertiary/aromatic N) is 1. The van der Waals surface area contributed by atoms with Crippen molar-refractivity contribution in [3.63, 3.8) is 0 Å². The van der Waals surface area contributed by atoms with Gasteiger partial charge in [0.2, 0.25) is 0 Å². The van der Waals surface area contributed by atoms with Crippen molar-refractivity contribution in [3.8, 4) is 11.5 Å². The number of ether oxygens (including phenoxy) is 2. The van der Waals surface area contributed by atoms with Crippen LogP contribution in [-0.4, -0.2) is 36.7 Å². The molecule has 1 atom stereocenters. The first kappa shape index (κ1) is 16.8. The number of fused-ring (bicyclic) bond motifs is 1. The highest BCUT2D eigenvalue weighted by atomic mass is 19.1. The summed E-state index contributed by atoms with van der Waals surface area (Å²) in [7, 11) is 0. The molecular formula is C19H20FN3O3. The zero-order valence-electron chi connectivity index (χ0n) is 14.3. The number of amides is 1. The fourth-order valence-electron chi connectivity index (χ4n) is 3.28. The van der Waals surface area contributed by atoms with Gasteiger partial charge in [0, 0.05) is 36.8 Å². The van der Waals surface area contributed by atoms with E-state index in [9.17, 15) is 9.18 Å². The number of carbonyl (C=O) groups excluding carboxylic acids is 1. The molecule has 1 aromatic heterocycles. The van der Waals surface area contributed by atoms with Gasteiger partial charge in [0.1, 0.15) is 23.4 Å². The summed E-state index contributed by atoms with van der Waals surface area (Å²) in [6.45, 7) is 2.43. The fourth-order valence-corrected chi connectivity index (χ4v) is 3.28. The largest absolute Gasteiger partial charge is 0.492 e. The first-order valence-corrected chi connectivity index (χ1v) is 8.75. The first-order chi connectivity index (χ1) is 12.7. The molecule has 1 fully saturated rings. The van der Waals surface area contributed by atoms with Gasteiger partial charge in [0.15, 0.2) is 0 Å². The molecule has 2 aliphatic heterocycles. The van der Waals surface area contributed by atoms with E-state index < -0.39 is 0 Å². The molecule has 4 rings (SSSR count). The van der Waals surface area contributed by atoms with Gasteiger partial charge in [-0.1, -0.05) is 0 Å². The van der Waals surface area contributed by atoms with Crippen LogP contribution in [0.3, 0.4) is 0 Å². The van der Waals surface area contributed by atoms with Gasteiger partial charge in [-0.15, -0.1) is 0 Å². The third kappa shape index (κ3) is 3.35. The molecule has 2 N–H and O–H groups in total. The number of carbonyl (C=O) groups is 1. The molecule has 0 saturated carbocycles. The Morgan fingerprint density at radius 1 is 1.42 bits per heavy atom. The second-order valence-electron chi connectivity index (χ2n) is 6.40. The Morgan fingerprint density at radius 2 is 2.35 bits per heavy atom. The predicted octanol–water partition coefficient (Wildman–Crippen LogP) is 1.83. The van der Waals surface area contributed by atoms with Crippen LogP contribution in [0.1, 0.15) is 27.9 Å². The van der Waals surface area contributed by atoms with Crippen LogP contribution in [-0.2, 0) is 13.0 Å². The Kier molecular flexibility index (Phi) is 4.71. The maximum Gasteiger partial charge on any atom is 0.255 e. The first-order valence-electron chi connectivity index (χ1n) is 8.75. The number of halogens is 1. The van der Waals surface area contributed by atoms with E-state index in [4.69, 9.17) is 9.47 Å². The Bertz CT molecular complexity index is 822. The quantitative estimate of drug-likeness (QED) is 0.854. The summed E-state index contributed by atoms with van der Waals surface area (Å²) in [6.07, 6.45) is 4.88. The maximum absolute atomic E-state index is 13.8. The third-order valence-electron chi connectivity index (χ3n) is 4.66. The summed E-state index contributed by atoms with van der Waals surface area (Å²) in [5, 5.41) is 6.12. The van der Waals surface area contributed by atoms with Gasteiger partial charge in [0.05, 0.1) is 18.4 Å². The Morgan fingerprint density at radius 3 is 3.19 bits per heavy atom. The van der Waals surface area contributed by atoms with Crippen molar-refractivity contribution in [1.82, 2.24) is 15.6 Å². The van der Waals surface area contributed by atoms with Gasteiger partial charge in [-0.25, -0.2) is 4.39 Å². The third-order valence-corrected chi connectivity index (χ3v) is 4.66. The van der Waals surface area contributed by atoms with E-state index in [1.165, 1.54) is 12.1 Å². The molecule has 3 heterocycles. The van der Waals surface area contributed by atoms with Crippen LogP contribution >= 0.6 is 0 Å². The second kappa shape index (κ2) is 7.29. The van der Waals surface area contributed by atoms with E-state index in [2.05, 4.69) is 15.6 Å². The Balaban J connectivity index is 1.46. The van der Waals surface area contributed by atoms with Crippen LogP contribution in [0.25, 0.3) is 0 Å². The van der Waals surface area contributed by atoms with Crippen LogP contribution in [0.5, 0.6) is 11.5 Å². The highest BCUT2D eigenvalue weighted by molar-refractivity contribution is 5.97. The minimum Gasteiger partial charge on any atom is -0.492 e. The zero-order chi connectivity index (χ0) is 17.9. The normalized spacial score (nSPS) is 18.3. The Hall–Kier alpha value is -2.67. The van der Waals surface area contributed by atoms with Crippen LogP contribution in [0.2, 0.25) is 0 Å².